The fourth-order valence-electron chi connectivity index (χ4n) is 3.56. The predicted molar refractivity (Wildman–Crippen MR) is 111 cm³/mol. The molecule has 0 saturated carbocycles. The average Bonchev–Trinajstić information content (AvgIpc) is 3.29. The first-order valence-electron chi connectivity index (χ1n) is 9.92. The minimum absolute atomic E-state index is 0.00603. The molecule has 0 aliphatic carbocycles. The molecule has 1 aliphatic rings. The summed E-state index contributed by atoms with van der Waals surface area (Å²) in [7, 11) is 0. The number of benzene rings is 1. The SMILES string of the molecule is O=C(O)CCCCNC(=O)C(=O)c1c(Cl)c(C(=O)Nc2ccc(F)c(F)c2)c2n1CCC2. The number of anilines is 1. The normalized spacial score (nSPS) is 12.3. The lowest BCUT2D eigenvalue weighted by Gasteiger charge is -2.07. The number of carboxylic acids is 1. The number of hydrogen-bond donors (Lipinski definition) is 3. The van der Waals surface area contributed by atoms with Crippen molar-refractivity contribution in [2.45, 2.75) is 38.6 Å². The van der Waals surface area contributed by atoms with Crippen molar-refractivity contribution < 1.29 is 33.1 Å². The number of unbranched alkanes of at least 4 members (excludes halogenated alkanes) is 1. The van der Waals surface area contributed by atoms with E-state index in [1.54, 1.807) is 0 Å². The third-order valence-corrected chi connectivity index (χ3v) is 5.40. The van der Waals surface area contributed by atoms with Gasteiger partial charge in [-0.3, -0.25) is 19.2 Å². The Morgan fingerprint density at radius 2 is 1.88 bits per heavy atom. The molecule has 1 aliphatic heterocycles. The van der Waals surface area contributed by atoms with Gasteiger partial charge < -0.3 is 20.3 Å². The maximum Gasteiger partial charge on any atom is 0.303 e. The Morgan fingerprint density at radius 3 is 2.56 bits per heavy atom. The summed E-state index contributed by atoms with van der Waals surface area (Å²) in [5, 5.41) is 13.3. The minimum atomic E-state index is -1.13. The second-order valence-electron chi connectivity index (χ2n) is 7.26. The monoisotopic (exact) mass is 467 g/mol. The molecule has 0 unspecified atom stereocenters. The van der Waals surface area contributed by atoms with Crippen LogP contribution in [0.2, 0.25) is 5.02 Å². The zero-order chi connectivity index (χ0) is 23.4. The molecule has 0 bridgehead atoms. The number of carbonyl (C=O) groups excluding carboxylic acids is 3. The van der Waals surface area contributed by atoms with Crippen LogP contribution in [0.5, 0.6) is 0 Å². The quantitative estimate of drug-likeness (QED) is 0.297. The molecule has 8 nitrogen and oxygen atoms in total. The summed E-state index contributed by atoms with van der Waals surface area (Å²) in [5.41, 5.74) is 0.381. The van der Waals surface area contributed by atoms with Crippen LogP contribution in [-0.4, -0.2) is 39.8 Å². The smallest absolute Gasteiger partial charge is 0.303 e. The molecule has 2 amide bonds. The highest BCUT2D eigenvalue weighted by Crippen LogP contribution is 2.34. The van der Waals surface area contributed by atoms with Gasteiger partial charge in [0.05, 0.1) is 10.6 Å². The van der Waals surface area contributed by atoms with E-state index < -0.39 is 35.2 Å². The van der Waals surface area contributed by atoms with Crippen LogP contribution in [0.15, 0.2) is 18.2 Å². The summed E-state index contributed by atoms with van der Waals surface area (Å²) in [6, 6.07) is 2.87. The van der Waals surface area contributed by atoms with E-state index in [0.29, 0.717) is 37.9 Å². The van der Waals surface area contributed by atoms with Crippen LogP contribution in [0.4, 0.5) is 14.5 Å². The first-order valence-corrected chi connectivity index (χ1v) is 10.3. The van der Waals surface area contributed by atoms with Gasteiger partial charge in [-0.2, -0.15) is 0 Å². The Labute approximate surface area is 186 Å². The summed E-state index contributed by atoms with van der Waals surface area (Å²) in [5.74, 6) is -5.68. The number of amides is 2. The molecule has 3 N–H and O–H groups in total. The van der Waals surface area contributed by atoms with E-state index in [-0.39, 0.29) is 34.9 Å². The van der Waals surface area contributed by atoms with Crippen LogP contribution in [0, 0.1) is 11.6 Å². The first-order chi connectivity index (χ1) is 15.2. The van der Waals surface area contributed by atoms with Crippen molar-refractivity contribution in [2.75, 3.05) is 11.9 Å². The van der Waals surface area contributed by atoms with Gasteiger partial charge in [-0.25, -0.2) is 8.78 Å². The van der Waals surface area contributed by atoms with Gasteiger partial charge in [0, 0.05) is 37.0 Å². The van der Waals surface area contributed by atoms with Crippen LogP contribution in [0.3, 0.4) is 0 Å². The van der Waals surface area contributed by atoms with Crippen molar-refractivity contribution in [1.29, 1.82) is 0 Å². The number of hydrogen-bond acceptors (Lipinski definition) is 4. The fourth-order valence-corrected chi connectivity index (χ4v) is 3.94. The Kier molecular flexibility index (Phi) is 7.24. The van der Waals surface area contributed by atoms with Crippen molar-refractivity contribution in [2.24, 2.45) is 0 Å². The van der Waals surface area contributed by atoms with Crippen molar-refractivity contribution >= 4 is 40.9 Å². The minimum Gasteiger partial charge on any atom is -0.481 e. The van der Waals surface area contributed by atoms with Gasteiger partial charge in [0.25, 0.3) is 17.6 Å². The highest BCUT2D eigenvalue weighted by molar-refractivity contribution is 6.48. The van der Waals surface area contributed by atoms with Crippen LogP contribution in [-0.2, 0) is 22.6 Å². The van der Waals surface area contributed by atoms with E-state index in [1.165, 1.54) is 10.6 Å². The Morgan fingerprint density at radius 1 is 1.12 bits per heavy atom. The van der Waals surface area contributed by atoms with Gasteiger partial charge >= 0.3 is 5.97 Å². The van der Waals surface area contributed by atoms with E-state index in [9.17, 15) is 28.0 Å². The standard InChI is InChI=1S/C21H20ClF2N3O5/c22-17-16(20(31)26-11-6-7-12(23)13(24)10-11)14-4-3-9-27(14)18(17)19(30)21(32)25-8-2-1-5-15(28)29/h6-7,10H,1-5,8-9H2,(H,25,32)(H,26,31)(H,28,29). The molecule has 0 atom stereocenters. The maximum atomic E-state index is 13.4. The summed E-state index contributed by atoms with van der Waals surface area (Å²) in [4.78, 5) is 48.4. The van der Waals surface area contributed by atoms with Crippen LogP contribution in [0.25, 0.3) is 0 Å². The van der Waals surface area contributed by atoms with Gasteiger partial charge in [-0.05, 0) is 37.8 Å². The number of halogens is 3. The molecule has 0 fully saturated rings. The number of carbonyl (C=O) groups is 4. The molecule has 1 aromatic carbocycles. The molecule has 0 saturated heterocycles. The van der Waals surface area contributed by atoms with Crippen molar-refractivity contribution in [3.63, 3.8) is 0 Å². The lowest BCUT2D eigenvalue weighted by atomic mass is 10.1. The second-order valence-corrected chi connectivity index (χ2v) is 7.64. The number of carboxylic acid groups (broad SMARTS) is 1. The molecule has 1 aromatic heterocycles. The molecule has 32 heavy (non-hydrogen) atoms. The number of ketones is 1. The number of nitrogens with one attached hydrogen (secondary N) is 2. The predicted octanol–water partition coefficient (Wildman–Crippen LogP) is 3.17. The second kappa shape index (κ2) is 9.90. The van der Waals surface area contributed by atoms with Crippen molar-refractivity contribution in [1.82, 2.24) is 9.88 Å². The highest BCUT2D eigenvalue weighted by Gasteiger charge is 2.34. The average molecular weight is 468 g/mol. The number of rotatable bonds is 9. The topological polar surface area (TPSA) is 118 Å². The molecule has 170 valence electrons. The number of Topliss-reactive ketones (excluding diaryl/α,β-unsaturated/α-hetero) is 1. The van der Waals surface area contributed by atoms with E-state index in [4.69, 9.17) is 16.7 Å². The number of aliphatic carboxylic acids is 1. The summed E-state index contributed by atoms with van der Waals surface area (Å²) in [6.45, 7) is 0.507. The molecule has 0 spiro atoms. The molecule has 2 aromatic rings. The van der Waals surface area contributed by atoms with Crippen molar-refractivity contribution in [3.8, 4) is 0 Å². The third kappa shape index (κ3) is 4.96. The summed E-state index contributed by atoms with van der Waals surface area (Å²) in [6.07, 6.45) is 1.77. The molecule has 0 radical (unpaired) electrons. The van der Waals surface area contributed by atoms with Crippen LogP contribution in [0.1, 0.15) is 52.2 Å². The first kappa shape index (κ1) is 23.4. The Balaban J connectivity index is 1.77. The highest BCUT2D eigenvalue weighted by atomic mass is 35.5. The summed E-state index contributed by atoms with van der Waals surface area (Å²) >= 11 is 6.34. The largest absolute Gasteiger partial charge is 0.481 e. The lowest BCUT2D eigenvalue weighted by Crippen LogP contribution is -2.33. The lowest BCUT2D eigenvalue weighted by molar-refractivity contribution is -0.137. The van der Waals surface area contributed by atoms with E-state index in [0.717, 1.165) is 12.1 Å². The number of aromatic nitrogens is 1. The zero-order valence-corrected chi connectivity index (χ0v) is 17.6. The van der Waals surface area contributed by atoms with E-state index >= 15 is 0 Å². The summed E-state index contributed by atoms with van der Waals surface area (Å²) < 4.78 is 28.1. The molecular weight excluding hydrogens is 448 g/mol. The molecule has 11 heteroatoms. The van der Waals surface area contributed by atoms with Gasteiger partial charge in [0.2, 0.25) is 0 Å². The van der Waals surface area contributed by atoms with Crippen LogP contribution < -0.4 is 10.6 Å². The molecular formula is C21H20ClF2N3O5. The number of nitrogens with zero attached hydrogens (tertiary/aromatic N) is 1. The zero-order valence-electron chi connectivity index (χ0n) is 16.8. The fraction of sp³-hybridized carbons (Fsp3) is 0.333. The van der Waals surface area contributed by atoms with E-state index in [1.807, 2.05) is 0 Å². The Bertz CT molecular complexity index is 1100. The third-order valence-electron chi connectivity index (χ3n) is 5.04. The number of fused-ring (bicyclic) bond motifs is 1. The molecule has 2 heterocycles. The van der Waals surface area contributed by atoms with Gasteiger partial charge in [-0.15, -0.1) is 0 Å². The van der Waals surface area contributed by atoms with Crippen LogP contribution >= 0.6 is 11.6 Å². The van der Waals surface area contributed by atoms with Gasteiger partial charge in [-0.1, -0.05) is 11.6 Å². The Hall–Kier alpha value is -3.27. The van der Waals surface area contributed by atoms with Gasteiger partial charge in [0.1, 0.15) is 5.69 Å². The van der Waals surface area contributed by atoms with Gasteiger partial charge in [0.15, 0.2) is 11.6 Å². The molecule has 3 rings (SSSR count). The van der Waals surface area contributed by atoms with Crippen molar-refractivity contribution in [3.05, 3.63) is 51.8 Å². The van der Waals surface area contributed by atoms with E-state index in [2.05, 4.69) is 10.6 Å². The maximum absolute atomic E-state index is 13.4.